The second kappa shape index (κ2) is 5.22. The molecule has 100 valence electrons. The fourth-order valence-corrected chi connectivity index (χ4v) is 2.40. The van der Waals surface area contributed by atoms with Crippen molar-refractivity contribution in [1.29, 1.82) is 0 Å². The van der Waals surface area contributed by atoms with Gasteiger partial charge in [-0.3, -0.25) is 0 Å². The molecule has 18 heavy (non-hydrogen) atoms. The summed E-state index contributed by atoms with van der Waals surface area (Å²) < 4.78 is 13.3. The average molecular weight is 251 g/mol. The molecule has 2 rings (SSSR count). The van der Waals surface area contributed by atoms with Gasteiger partial charge in [-0.25, -0.2) is 9.37 Å². The summed E-state index contributed by atoms with van der Waals surface area (Å²) in [7, 11) is 1.87. The van der Waals surface area contributed by atoms with Gasteiger partial charge in [0.05, 0.1) is 6.20 Å². The summed E-state index contributed by atoms with van der Waals surface area (Å²) in [4.78, 5) is 6.55. The zero-order chi connectivity index (χ0) is 13.2. The fourth-order valence-electron chi connectivity index (χ4n) is 2.40. The molecule has 0 aromatic carbocycles. The third kappa shape index (κ3) is 2.99. The van der Waals surface area contributed by atoms with Gasteiger partial charge in [0.1, 0.15) is 11.6 Å². The first-order chi connectivity index (χ1) is 8.52. The molecule has 0 atom stereocenters. The van der Waals surface area contributed by atoms with Crippen LogP contribution in [0.25, 0.3) is 0 Å². The SMILES string of the molecule is CNCc1cc(F)cnc1N1CCC(C)(C)CC1. The molecule has 0 spiro atoms. The average Bonchev–Trinajstić information content (AvgIpc) is 2.31. The molecule has 0 saturated carbocycles. The second-order valence-electron chi connectivity index (χ2n) is 5.82. The fraction of sp³-hybridized carbons (Fsp3) is 0.643. The molecule has 0 bridgehead atoms. The molecule has 1 saturated heterocycles. The Bertz CT molecular complexity index is 408. The monoisotopic (exact) mass is 251 g/mol. The molecule has 1 fully saturated rings. The number of anilines is 1. The number of nitrogens with one attached hydrogen (secondary N) is 1. The third-order valence-corrected chi connectivity index (χ3v) is 3.69. The molecule has 1 aliphatic rings. The van der Waals surface area contributed by atoms with Crippen LogP contribution in [0.15, 0.2) is 12.3 Å². The van der Waals surface area contributed by atoms with Crippen LogP contribution in [0.5, 0.6) is 0 Å². The van der Waals surface area contributed by atoms with Crippen LogP contribution in [-0.4, -0.2) is 25.1 Å². The molecule has 3 nitrogen and oxygen atoms in total. The lowest BCUT2D eigenvalue weighted by molar-refractivity contribution is 0.279. The summed E-state index contributed by atoms with van der Waals surface area (Å²) in [6.07, 6.45) is 3.63. The minimum atomic E-state index is -0.263. The van der Waals surface area contributed by atoms with Crippen molar-refractivity contribution in [2.75, 3.05) is 25.0 Å². The maximum Gasteiger partial charge on any atom is 0.141 e. The van der Waals surface area contributed by atoms with Crippen LogP contribution in [0.4, 0.5) is 10.2 Å². The number of nitrogens with zero attached hydrogens (tertiary/aromatic N) is 2. The van der Waals surface area contributed by atoms with E-state index in [-0.39, 0.29) is 5.82 Å². The first-order valence-electron chi connectivity index (χ1n) is 6.56. The van der Waals surface area contributed by atoms with Gasteiger partial charge in [0.2, 0.25) is 0 Å². The molecule has 1 aliphatic heterocycles. The lowest BCUT2D eigenvalue weighted by atomic mass is 9.82. The highest BCUT2D eigenvalue weighted by Gasteiger charge is 2.26. The quantitative estimate of drug-likeness (QED) is 0.895. The minimum absolute atomic E-state index is 0.263. The van der Waals surface area contributed by atoms with E-state index in [9.17, 15) is 4.39 Å². The van der Waals surface area contributed by atoms with E-state index in [0.717, 1.165) is 37.3 Å². The highest BCUT2D eigenvalue weighted by Crippen LogP contribution is 2.32. The Morgan fingerprint density at radius 2 is 2.06 bits per heavy atom. The number of halogens is 1. The molecule has 1 N–H and O–H groups in total. The summed E-state index contributed by atoms with van der Waals surface area (Å²) in [6, 6.07) is 1.58. The van der Waals surface area contributed by atoms with Gasteiger partial charge >= 0.3 is 0 Å². The van der Waals surface area contributed by atoms with Gasteiger partial charge in [-0.05, 0) is 31.4 Å². The maximum atomic E-state index is 13.3. The topological polar surface area (TPSA) is 28.2 Å². The van der Waals surface area contributed by atoms with Crippen molar-refractivity contribution < 1.29 is 4.39 Å². The van der Waals surface area contributed by atoms with Gasteiger partial charge in [0, 0.05) is 25.2 Å². The van der Waals surface area contributed by atoms with Gasteiger partial charge in [-0.15, -0.1) is 0 Å². The Kier molecular flexibility index (Phi) is 3.85. The van der Waals surface area contributed by atoms with Crippen molar-refractivity contribution in [3.63, 3.8) is 0 Å². The molecular formula is C14H22FN3. The predicted molar refractivity (Wildman–Crippen MR) is 72.2 cm³/mol. The highest BCUT2D eigenvalue weighted by molar-refractivity contribution is 5.47. The van der Waals surface area contributed by atoms with Crippen molar-refractivity contribution in [3.8, 4) is 0 Å². The van der Waals surface area contributed by atoms with Gasteiger partial charge in [-0.1, -0.05) is 13.8 Å². The summed E-state index contributed by atoms with van der Waals surface area (Å²) in [5.41, 5.74) is 1.36. The standard InChI is InChI=1S/C14H22FN3/c1-14(2)4-6-18(7-5-14)13-11(9-16-3)8-12(15)10-17-13/h8,10,16H,4-7,9H2,1-3H3. The van der Waals surface area contributed by atoms with E-state index >= 15 is 0 Å². The van der Waals surface area contributed by atoms with E-state index in [0.29, 0.717) is 12.0 Å². The normalized spacial score (nSPS) is 19.0. The van der Waals surface area contributed by atoms with Gasteiger partial charge < -0.3 is 10.2 Å². The first-order valence-corrected chi connectivity index (χ1v) is 6.56. The lowest BCUT2D eigenvalue weighted by Gasteiger charge is -2.38. The van der Waals surface area contributed by atoms with Crippen molar-refractivity contribution >= 4 is 5.82 Å². The summed E-state index contributed by atoms with van der Waals surface area (Å²) in [6.45, 7) is 7.26. The molecular weight excluding hydrogens is 229 g/mol. The van der Waals surface area contributed by atoms with Crippen LogP contribution in [0.3, 0.4) is 0 Å². The Morgan fingerprint density at radius 3 is 2.67 bits per heavy atom. The third-order valence-electron chi connectivity index (χ3n) is 3.69. The van der Waals surface area contributed by atoms with Crippen LogP contribution in [0.1, 0.15) is 32.3 Å². The van der Waals surface area contributed by atoms with E-state index < -0.39 is 0 Å². The van der Waals surface area contributed by atoms with Crippen molar-refractivity contribution in [2.45, 2.75) is 33.2 Å². The highest BCUT2D eigenvalue weighted by atomic mass is 19.1. The molecule has 0 radical (unpaired) electrons. The van der Waals surface area contributed by atoms with Crippen LogP contribution in [0, 0.1) is 11.2 Å². The molecule has 0 amide bonds. The van der Waals surface area contributed by atoms with E-state index in [1.54, 1.807) is 6.07 Å². The summed E-state index contributed by atoms with van der Waals surface area (Å²) >= 11 is 0. The summed E-state index contributed by atoms with van der Waals surface area (Å²) in [5.74, 6) is 0.669. The van der Waals surface area contributed by atoms with Crippen LogP contribution >= 0.6 is 0 Å². The van der Waals surface area contributed by atoms with Crippen LogP contribution in [-0.2, 0) is 6.54 Å². The number of aromatic nitrogens is 1. The largest absolute Gasteiger partial charge is 0.356 e. The van der Waals surface area contributed by atoms with Crippen LogP contribution in [0.2, 0.25) is 0 Å². The molecule has 1 aromatic heterocycles. The van der Waals surface area contributed by atoms with E-state index in [1.807, 2.05) is 7.05 Å². The first kappa shape index (κ1) is 13.3. The molecule has 2 heterocycles. The van der Waals surface area contributed by atoms with Crippen molar-refractivity contribution in [2.24, 2.45) is 5.41 Å². The maximum absolute atomic E-state index is 13.3. The van der Waals surface area contributed by atoms with Gasteiger partial charge in [0.25, 0.3) is 0 Å². The number of rotatable bonds is 3. The van der Waals surface area contributed by atoms with E-state index in [4.69, 9.17) is 0 Å². The Morgan fingerprint density at radius 1 is 1.39 bits per heavy atom. The van der Waals surface area contributed by atoms with Gasteiger partial charge in [0.15, 0.2) is 0 Å². The Hall–Kier alpha value is -1.16. The number of piperidine rings is 1. The van der Waals surface area contributed by atoms with Crippen molar-refractivity contribution in [1.82, 2.24) is 10.3 Å². The van der Waals surface area contributed by atoms with Gasteiger partial charge in [-0.2, -0.15) is 0 Å². The van der Waals surface area contributed by atoms with Crippen molar-refractivity contribution in [3.05, 3.63) is 23.6 Å². The molecule has 0 aliphatic carbocycles. The second-order valence-corrected chi connectivity index (χ2v) is 5.82. The lowest BCUT2D eigenvalue weighted by Crippen LogP contribution is -2.38. The summed E-state index contributed by atoms with van der Waals surface area (Å²) in [5, 5.41) is 3.07. The zero-order valence-corrected chi connectivity index (χ0v) is 11.5. The zero-order valence-electron chi connectivity index (χ0n) is 11.5. The molecule has 0 unspecified atom stereocenters. The Labute approximate surface area is 108 Å². The van der Waals surface area contributed by atoms with E-state index in [2.05, 4.69) is 29.0 Å². The molecule has 1 aromatic rings. The molecule has 4 heteroatoms. The minimum Gasteiger partial charge on any atom is -0.356 e. The smallest absolute Gasteiger partial charge is 0.141 e. The number of hydrogen-bond donors (Lipinski definition) is 1. The number of hydrogen-bond acceptors (Lipinski definition) is 3. The van der Waals surface area contributed by atoms with E-state index in [1.165, 1.54) is 6.20 Å². The van der Waals surface area contributed by atoms with Crippen LogP contribution < -0.4 is 10.2 Å². The number of pyridine rings is 1. The Balaban J connectivity index is 2.18. The predicted octanol–water partition coefficient (Wildman–Crippen LogP) is 2.57.